The van der Waals surface area contributed by atoms with Gasteiger partial charge in [0.15, 0.2) is 5.65 Å². The molecular weight excluding hydrogens is 415 g/mol. The second-order valence-electron chi connectivity index (χ2n) is 7.19. The first-order valence-corrected chi connectivity index (χ1v) is 9.75. The first kappa shape index (κ1) is 20.9. The third-order valence-corrected chi connectivity index (χ3v) is 5.09. The van der Waals surface area contributed by atoms with Crippen LogP contribution in [0, 0.1) is 0 Å². The number of alkyl halides is 3. The molecular formula is C20H20F3N5O3. The van der Waals surface area contributed by atoms with Crippen LogP contribution in [-0.4, -0.2) is 39.5 Å². The number of pyridine rings is 1. The average Bonchev–Trinajstić information content (AvgIpc) is 3.08. The lowest BCUT2D eigenvalue weighted by molar-refractivity contribution is -0.274. The van der Waals surface area contributed by atoms with E-state index in [9.17, 15) is 22.8 Å². The highest BCUT2D eigenvalue weighted by Gasteiger charge is 2.32. The number of benzene rings is 1. The number of amides is 1. The molecule has 0 radical (unpaired) electrons. The maximum absolute atomic E-state index is 12.7. The normalized spacial score (nSPS) is 15.2. The van der Waals surface area contributed by atoms with Gasteiger partial charge in [-0.05, 0) is 44.1 Å². The molecule has 8 nitrogen and oxygen atoms in total. The zero-order valence-electron chi connectivity index (χ0n) is 16.4. The van der Waals surface area contributed by atoms with Gasteiger partial charge in [0, 0.05) is 18.3 Å². The molecule has 3 aromatic rings. The van der Waals surface area contributed by atoms with Crippen LogP contribution in [-0.2, 0) is 6.54 Å². The summed E-state index contributed by atoms with van der Waals surface area (Å²) in [5.41, 5.74) is 0.448. The predicted molar refractivity (Wildman–Crippen MR) is 105 cm³/mol. The highest BCUT2D eigenvalue weighted by Crippen LogP contribution is 2.26. The van der Waals surface area contributed by atoms with Crippen molar-refractivity contribution in [3.05, 3.63) is 64.2 Å². The Kier molecular flexibility index (Phi) is 5.68. The number of piperidine rings is 1. The fourth-order valence-electron chi connectivity index (χ4n) is 3.57. The van der Waals surface area contributed by atoms with Gasteiger partial charge in [0.05, 0.1) is 11.6 Å². The molecule has 11 heteroatoms. The summed E-state index contributed by atoms with van der Waals surface area (Å²) in [5, 5.41) is 10.2. The van der Waals surface area contributed by atoms with E-state index in [1.807, 2.05) is 0 Å². The van der Waals surface area contributed by atoms with E-state index >= 15 is 0 Å². The van der Waals surface area contributed by atoms with Gasteiger partial charge in [0.25, 0.3) is 5.91 Å². The summed E-state index contributed by atoms with van der Waals surface area (Å²) in [6.45, 7) is 1.43. The van der Waals surface area contributed by atoms with Crippen LogP contribution >= 0.6 is 0 Å². The van der Waals surface area contributed by atoms with Crippen molar-refractivity contribution in [1.29, 1.82) is 0 Å². The lowest BCUT2D eigenvalue weighted by Crippen LogP contribution is -2.34. The van der Waals surface area contributed by atoms with Crippen molar-refractivity contribution in [1.82, 2.24) is 24.8 Å². The SMILES string of the molecule is O=C(NCc1ccccc1OC(F)(F)F)c1ccc2nn(C3CCNCC3)c(=O)n2c1. The fraction of sp³-hybridized carbons (Fsp3) is 0.350. The van der Waals surface area contributed by atoms with Crippen molar-refractivity contribution in [3.63, 3.8) is 0 Å². The standard InChI is InChI=1S/C20H20F3N5O3/c21-20(22,23)31-16-4-2-1-3-13(16)11-25-18(29)14-5-6-17-26-28(19(30)27(17)12-14)15-7-9-24-10-8-15/h1-6,12,15,24H,7-11H2,(H,25,29). The molecule has 1 aliphatic rings. The largest absolute Gasteiger partial charge is 0.573 e. The molecule has 31 heavy (non-hydrogen) atoms. The Hall–Kier alpha value is -3.34. The minimum atomic E-state index is -4.83. The number of carbonyl (C=O) groups is 1. The monoisotopic (exact) mass is 435 g/mol. The predicted octanol–water partition coefficient (Wildman–Crippen LogP) is 2.25. The van der Waals surface area contributed by atoms with Gasteiger partial charge < -0.3 is 15.4 Å². The molecule has 1 amide bonds. The van der Waals surface area contributed by atoms with Gasteiger partial charge in [-0.3, -0.25) is 4.79 Å². The summed E-state index contributed by atoms with van der Waals surface area (Å²) < 4.78 is 44.4. The Labute approximate surface area is 174 Å². The van der Waals surface area contributed by atoms with Crippen molar-refractivity contribution in [2.75, 3.05) is 13.1 Å². The molecule has 4 rings (SSSR count). The van der Waals surface area contributed by atoms with Gasteiger partial charge in [-0.15, -0.1) is 18.3 Å². The van der Waals surface area contributed by atoms with E-state index < -0.39 is 12.3 Å². The molecule has 1 aliphatic heterocycles. The summed E-state index contributed by atoms with van der Waals surface area (Å²) in [6.07, 6.45) is -1.87. The highest BCUT2D eigenvalue weighted by molar-refractivity contribution is 5.94. The second kappa shape index (κ2) is 8.42. The van der Waals surface area contributed by atoms with Gasteiger partial charge >= 0.3 is 12.1 Å². The number of halogens is 3. The number of carbonyl (C=O) groups excluding carboxylic acids is 1. The van der Waals surface area contributed by atoms with E-state index in [2.05, 4.69) is 20.5 Å². The smallest absolute Gasteiger partial charge is 0.405 e. The van der Waals surface area contributed by atoms with Crippen LogP contribution in [0.3, 0.4) is 0 Å². The Morgan fingerprint density at radius 3 is 2.68 bits per heavy atom. The first-order valence-electron chi connectivity index (χ1n) is 9.75. The lowest BCUT2D eigenvalue weighted by atomic mass is 10.1. The topological polar surface area (TPSA) is 89.7 Å². The highest BCUT2D eigenvalue weighted by atomic mass is 19.4. The molecule has 0 unspecified atom stereocenters. The second-order valence-corrected chi connectivity index (χ2v) is 7.19. The van der Waals surface area contributed by atoms with Crippen molar-refractivity contribution in [3.8, 4) is 5.75 Å². The average molecular weight is 435 g/mol. The quantitative estimate of drug-likeness (QED) is 0.642. The van der Waals surface area contributed by atoms with E-state index in [-0.39, 0.29) is 35.2 Å². The van der Waals surface area contributed by atoms with E-state index in [0.717, 1.165) is 25.9 Å². The van der Waals surface area contributed by atoms with Gasteiger partial charge in [-0.2, -0.15) is 0 Å². The van der Waals surface area contributed by atoms with Crippen molar-refractivity contribution in [2.45, 2.75) is 31.8 Å². The van der Waals surface area contributed by atoms with E-state index in [0.29, 0.717) is 5.65 Å². The molecule has 1 aromatic carbocycles. The maximum atomic E-state index is 12.7. The van der Waals surface area contributed by atoms with Crippen LogP contribution in [0.4, 0.5) is 13.2 Å². The maximum Gasteiger partial charge on any atom is 0.573 e. The number of para-hydroxylation sites is 1. The summed E-state index contributed by atoms with van der Waals surface area (Å²) in [4.78, 5) is 25.3. The van der Waals surface area contributed by atoms with Crippen molar-refractivity contribution in [2.24, 2.45) is 0 Å². The molecule has 0 aliphatic carbocycles. The number of nitrogens with one attached hydrogen (secondary N) is 2. The van der Waals surface area contributed by atoms with Crippen LogP contribution in [0.1, 0.15) is 34.8 Å². The molecule has 3 heterocycles. The zero-order chi connectivity index (χ0) is 22.0. The van der Waals surface area contributed by atoms with Crippen LogP contribution in [0.5, 0.6) is 5.75 Å². The van der Waals surface area contributed by atoms with Crippen LogP contribution < -0.4 is 21.1 Å². The van der Waals surface area contributed by atoms with E-state index in [4.69, 9.17) is 0 Å². The van der Waals surface area contributed by atoms with Gasteiger partial charge in [0.2, 0.25) is 0 Å². The molecule has 0 saturated carbocycles. The summed E-state index contributed by atoms with van der Waals surface area (Å²) >= 11 is 0. The summed E-state index contributed by atoms with van der Waals surface area (Å²) in [6, 6.07) is 8.64. The molecule has 2 N–H and O–H groups in total. The molecule has 0 bridgehead atoms. The zero-order valence-corrected chi connectivity index (χ0v) is 16.4. The molecule has 1 fully saturated rings. The number of nitrogens with zero attached hydrogens (tertiary/aromatic N) is 3. The van der Waals surface area contributed by atoms with Gasteiger partial charge in [-0.25, -0.2) is 13.9 Å². The number of aromatic nitrogens is 3. The van der Waals surface area contributed by atoms with Crippen molar-refractivity contribution >= 4 is 11.6 Å². The summed E-state index contributed by atoms with van der Waals surface area (Å²) in [7, 11) is 0. The van der Waals surface area contributed by atoms with E-state index in [1.54, 1.807) is 12.1 Å². The van der Waals surface area contributed by atoms with E-state index in [1.165, 1.54) is 39.5 Å². The van der Waals surface area contributed by atoms with Crippen molar-refractivity contribution < 1.29 is 22.7 Å². The Balaban J connectivity index is 1.51. The number of hydrogen-bond acceptors (Lipinski definition) is 5. The van der Waals surface area contributed by atoms with Gasteiger partial charge in [-0.1, -0.05) is 18.2 Å². The Morgan fingerprint density at radius 1 is 1.19 bits per heavy atom. The third-order valence-electron chi connectivity index (χ3n) is 5.09. The molecule has 0 atom stereocenters. The Bertz CT molecular complexity index is 1150. The van der Waals surface area contributed by atoms with Crippen LogP contribution in [0.15, 0.2) is 47.4 Å². The molecule has 1 saturated heterocycles. The molecule has 2 aromatic heterocycles. The minimum absolute atomic E-state index is 0.00365. The summed E-state index contributed by atoms with van der Waals surface area (Å²) in [5.74, 6) is -0.921. The lowest BCUT2D eigenvalue weighted by Gasteiger charge is -2.21. The molecule has 0 spiro atoms. The number of hydrogen-bond donors (Lipinski definition) is 2. The fourth-order valence-corrected chi connectivity index (χ4v) is 3.57. The van der Waals surface area contributed by atoms with Crippen LogP contribution in [0.25, 0.3) is 5.65 Å². The number of ether oxygens (including phenoxy) is 1. The number of rotatable bonds is 5. The van der Waals surface area contributed by atoms with Gasteiger partial charge in [0.1, 0.15) is 5.75 Å². The Morgan fingerprint density at radius 2 is 1.94 bits per heavy atom. The number of fused-ring (bicyclic) bond motifs is 1. The molecule has 164 valence electrons. The first-order chi connectivity index (χ1) is 14.8. The third kappa shape index (κ3) is 4.71. The minimum Gasteiger partial charge on any atom is -0.405 e. The van der Waals surface area contributed by atoms with Crippen LogP contribution in [0.2, 0.25) is 0 Å².